The van der Waals surface area contributed by atoms with E-state index in [9.17, 15) is 8.42 Å². The number of unbranched alkanes of at least 4 members (excludes halogenated alkanes) is 2. The van der Waals surface area contributed by atoms with Crippen LogP contribution in [-0.4, -0.2) is 39.0 Å². The molecule has 24 heavy (non-hydrogen) atoms. The Labute approximate surface area is 144 Å². The minimum atomic E-state index is -3.59. The van der Waals surface area contributed by atoms with Gasteiger partial charge in [-0.1, -0.05) is 25.8 Å². The number of hydrogen-bond acceptors (Lipinski definition) is 5. The maximum atomic E-state index is 12.7. The fourth-order valence-electron chi connectivity index (χ4n) is 2.84. The van der Waals surface area contributed by atoms with Crippen molar-refractivity contribution in [1.82, 2.24) is 9.62 Å². The zero-order chi connectivity index (χ0) is 17.6. The van der Waals surface area contributed by atoms with E-state index >= 15 is 0 Å². The molecule has 1 saturated heterocycles. The minimum absolute atomic E-state index is 0.213. The van der Waals surface area contributed by atoms with Crippen LogP contribution in [0.25, 0.3) is 0 Å². The summed E-state index contributed by atoms with van der Waals surface area (Å²) in [5, 5.41) is 12.2. The van der Waals surface area contributed by atoms with Gasteiger partial charge in [-0.15, -0.1) is 0 Å². The van der Waals surface area contributed by atoms with Gasteiger partial charge in [0.05, 0.1) is 4.90 Å². The second kappa shape index (κ2) is 8.36. The SMILES string of the molecule is CCCCCNc1ccc(C)c(S(=O)(=O)N[C@@H]2CCN(C#N)C2)c1. The molecule has 0 aromatic heterocycles. The number of aryl methyl sites for hydroxylation is 1. The van der Waals surface area contributed by atoms with Crippen molar-refractivity contribution in [3.05, 3.63) is 23.8 Å². The summed E-state index contributed by atoms with van der Waals surface area (Å²) >= 11 is 0. The van der Waals surface area contributed by atoms with Gasteiger partial charge < -0.3 is 10.2 Å². The highest BCUT2D eigenvalue weighted by molar-refractivity contribution is 7.89. The Morgan fingerprint density at radius 1 is 1.38 bits per heavy atom. The van der Waals surface area contributed by atoms with Crippen molar-refractivity contribution in [2.24, 2.45) is 0 Å². The summed E-state index contributed by atoms with van der Waals surface area (Å²) < 4.78 is 28.1. The number of benzene rings is 1. The molecule has 1 aliphatic rings. The minimum Gasteiger partial charge on any atom is -0.385 e. The number of rotatable bonds is 8. The van der Waals surface area contributed by atoms with Gasteiger partial charge in [-0.2, -0.15) is 5.26 Å². The van der Waals surface area contributed by atoms with Crippen LogP contribution < -0.4 is 10.0 Å². The summed E-state index contributed by atoms with van der Waals surface area (Å²) in [5.41, 5.74) is 1.54. The average molecular weight is 350 g/mol. The molecule has 0 saturated carbocycles. The fourth-order valence-corrected chi connectivity index (χ4v) is 4.37. The first kappa shape index (κ1) is 18.6. The highest BCUT2D eigenvalue weighted by Gasteiger charge is 2.27. The monoisotopic (exact) mass is 350 g/mol. The number of nitriles is 1. The van der Waals surface area contributed by atoms with E-state index in [1.807, 2.05) is 12.1 Å². The third-order valence-electron chi connectivity index (χ3n) is 4.24. The second-order valence-corrected chi connectivity index (χ2v) is 7.95. The predicted molar refractivity (Wildman–Crippen MR) is 95.1 cm³/mol. The van der Waals surface area contributed by atoms with E-state index in [1.165, 1.54) is 0 Å². The molecule has 2 rings (SSSR count). The standard InChI is InChI=1S/C17H26N4O2S/c1-3-4-5-9-19-15-7-6-14(2)17(11-15)24(22,23)20-16-8-10-21(12-16)13-18/h6-7,11,16,19-20H,3-5,8-10,12H2,1-2H3/t16-/m1/s1. The molecule has 0 bridgehead atoms. The first-order valence-corrected chi connectivity index (χ1v) is 9.96. The molecule has 0 radical (unpaired) electrons. The van der Waals surface area contributed by atoms with E-state index in [-0.39, 0.29) is 6.04 Å². The highest BCUT2D eigenvalue weighted by Crippen LogP contribution is 2.21. The first-order valence-electron chi connectivity index (χ1n) is 8.48. The third-order valence-corrected chi connectivity index (χ3v) is 5.90. The second-order valence-electron chi connectivity index (χ2n) is 6.27. The molecule has 1 fully saturated rings. The van der Waals surface area contributed by atoms with Crippen LogP contribution in [0, 0.1) is 18.4 Å². The summed E-state index contributed by atoms with van der Waals surface area (Å²) in [6.45, 7) is 5.82. The van der Waals surface area contributed by atoms with Crippen LogP contribution in [0.1, 0.15) is 38.2 Å². The highest BCUT2D eigenvalue weighted by atomic mass is 32.2. The van der Waals surface area contributed by atoms with Gasteiger partial charge in [-0.05, 0) is 37.5 Å². The van der Waals surface area contributed by atoms with Gasteiger partial charge in [0.15, 0.2) is 6.19 Å². The lowest BCUT2D eigenvalue weighted by molar-refractivity contribution is 0.470. The Balaban J connectivity index is 2.07. The Bertz CT molecular complexity index is 697. The molecule has 0 spiro atoms. The summed E-state index contributed by atoms with van der Waals surface area (Å²) in [6, 6.07) is 5.22. The molecule has 1 atom stereocenters. The van der Waals surface area contributed by atoms with E-state index in [1.54, 1.807) is 17.9 Å². The van der Waals surface area contributed by atoms with Crippen molar-refractivity contribution >= 4 is 15.7 Å². The lowest BCUT2D eigenvalue weighted by atomic mass is 10.2. The molecule has 7 heteroatoms. The first-order chi connectivity index (χ1) is 11.5. The van der Waals surface area contributed by atoms with E-state index in [0.29, 0.717) is 24.4 Å². The van der Waals surface area contributed by atoms with Crippen molar-refractivity contribution in [2.75, 3.05) is 25.0 Å². The molecule has 0 aliphatic carbocycles. The van der Waals surface area contributed by atoms with Gasteiger partial charge in [0.25, 0.3) is 0 Å². The number of hydrogen-bond donors (Lipinski definition) is 2. The van der Waals surface area contributed by atoms with Crippen molar-refractivity contribution in [2.45, 2.75) is 50.5 Å². The van der Waals surface area contributed by atoms with Gasteiger partial charge in [-0.25, -0.2) is 13.1 Å². The summed E-state index contributed by atoms with van der Waals surface area (Å²) in [4.78, 5) is 1.88. The quantitative estimate of drug-likeness (QED) is 0.555. The largest absolute Gasteiger partial charge is 0.385 e. The molecule has 0 amide bonds. The van der Waals surface area contributed by atoms with E-state index < -0.39 is 10.0 Å². The van der Waals surface area contributed by atoms with Crippen LogP contribution in [0.2, 0.25) is 0 Å². The molecule has 1 heterocycles. The van der Waals surface area contributed by atoms with Crippen molar-refractivity contribution in [3.8, 4) is 6.19 Å². The van der Waals surface area contributed by atoms with E-state index in [0.717, 1.165) is 37.1 Å². The Kier molecular flexibility index (Phi) is 6.46. The molecular weight excluding hydrogens is 324 g/mol. The smallest absolute Gasteiger partial charge is 0.241 e. The number of nitrogens with zero attached hydrogens (tertiary/aromatic N) is 2. The molecule has 1 aromatic rings. The van der Waals surface area contributed by atoms with E-state index in [4.69, 9.17) is 5.26 Å². The van der Waals surface area contributed by atoms with Gasteiger partial charge in [0, 0.05) is 31.4 Å². The Hall–Kier alpha value is -1.78. The lowest BCUT2D eigenvalue weighted by Crippen LogP contribution is -2.36. The van der Waals surface area contributed by atoms with Crippen molar-refractivity contribution < 1.29 is 8.42 Å². The normalized spacial score (nSPS) is 17.7. The van der Waals surface area contributed by atoms with Gasteiger partial charge in [-0.3, -0.25) is 0 Å². The van der Waals surface area contributed by atoms with Crippen LogP contribution in [-0.2, 0) is 10.0 Å². The number of sulfonamides is 1. The Morgan fingerprint density at radius 3 is 2.83 bits per heavy atom. The number of nitrogens with one attached hydrogen (secondary N) is 2. The van der Waals surface area contributed by atoms with Crippen LogP contribution in [0.15, 0.2) is 23.1 Å². The number of likely N-dealkylation sites (tertiary alicyclic amines) is 1. The maximum absolute atomic E-state index is 12.7. The molecule has 132 valence electrons. The van der Waals surface area contributed by atoms with Gasteiger partial charge >= 0.3 is 0 Å². The number of anilines is 1. The van der Waals surface area contributed by atoms with Crippen LogP contribution in [0.5, 0.6) is 0 Å². The fraction of sp³-hybridized carbons (Fsp3) is 0.588. The molecule has 1 aromatic carbocycles. The third kappa shape index (κ3) is 4.86. The predicted octanol–water partition coefficient (Wildman–Crippen LogP) is 2.43. The Morgan fingerprint density at radius 2 is 2.17 bits per heavy atom. The molecule has 1 aliphatic heterocycles. The average Bonchev–Trinajstić information content (AvgIpc) is 2.99. The maximum Gasteiger partial charge on any atom is 0.241 e. The van der Waals surface area contributed by atoms with Crippen molar-refractivity contribution in [1.29, 1.82) is 5.26 Å². The van der Waals surface area contributed by atoms with Crippen LogP contribution in [0.3, 0.4) is 0 Å². The van der Waals surface area contributed by atoms with E-state index in [2.05, 4.69) is 23.2 Å². The summed E-state index contributed by atoms with van der Waals surface area (Å²) in [6.07, 6.45) is 6.09. The van der Waals surface area contributed by atoms with Crippen molar-refractivity contribution in [3.63, 3.8) is 0 Å². The molecule has 2 N–H and O–H groups in total. The molecule has 6 nitrogen and oxygen atoms in total. The lowest BCUT2D eigenvalue weighted by Gasteiger charge is -2.15. The van der Waals surface area contributed by atoms with Crippen LogP contribution >= 0.6 is 0 Å². The topological polar surface area (TPSA) is 85.2 Å². The zero-order valence-corrected chi connectivity index (χ0v) is 15.2. The molecule has 0 unspecified atom stereocenters. The molecular formula is C17H26N4O2S. The zero-order valence-electron chi connectivity index (χ0n) is 14.4. The summed E-state index contributed by atoms with van der Waals surface area (Å²) in [5.74, 6) is 0. The van der Waals surface area contributed by atoms with Crippen LogP contribution in [0.4, 0.5) is 5.69 Å². The van der Waals surface area contributed by atoms with Gasteiger partial charge in [0.2, 0.25) is 10.0 Å². The summed E-state index contributed by atoms with van der Waals surface area (Å²) in [7, 11) is -3.59. The van der Waals surface area contributed by atoms with Gasteiger partial charge in [0.1, 0.15) is 0 Å².